The Balaban J connectivity index is 1.89. The average Bonchev–Trinajstić information content (AvgIpc) is 2.76. The first kappa shape index (κ1) is 23.5. The summed E-state index contributed by atoms with van der Waals surface area (Å²) in [5.41, 5.74) is 2.42. The van der Waals surface area contributed by atoms with E-state index in [2.05, 4.69) is 10.6 Å². The predicted octanol–water partition coefficient (Wildman–Crippen LogP) is 4.90. The fraction of sp³-hybridized carbons (Fsp3) is 0.333. The summed E-state index contributed by atoms with van der Waals surface area (Å²) in [6.45, 7) is 6.52. The molecule has 2 aromatic carbocycles. The molecule has 0 saturated carbocycles. The fourth-order valence-corrected chi connectivity index (χ4v) is 3.58. The highest BCUT2D eigenvalue weighted by atomic mass is 35.5. The van der Waals surface area contributed by atoms with Crippen molar-refractivity contribution >= 4 is 23.6 Å². The van der Waals surface area contributed by atoms with Gasteiger partial charge in [0.2, 0.25) is 0 Å². The Labute approximate surface area is 192 Å². The van der Waals surface area contributed by atoms with Crippen molar-refractivity contribution in [3.05, 3.63) is 69.9 Å². The molecule has 0 aliphatic carbocycles. The summed E-state index contributed by atoms with van der Waals surface area (Å²) in [5.74, 6) is 0.589. The molecule has 1 aliphatic heterocycles. The molecule has 0 fully saturated rings. The van der Waals surface area contributed by atoms with Crippen molar-refractivity contribution in [1.29, 1.82) is 0 Å². The van der Waals surface area contributed by atoms with Gasteiger partial charge in [-0.3, -0.25) is 0 Å². The van der Waals surface area contributed by atoms with Gasteiger partial charge in [0.15, 0.2) is 11.5 Å². The van der Waals surface area contributed by atoms with Crippen LogP contribution in [0.3, 0.4) is 0 Å². The summed E-state index contributed by atoms with van der Waals surface area (Å²) in [5, 5.41) is 6.08. The molecule has 0 aromatic heterocycles. The first-order valence-electron chi connectivity index (χ1n) is 10.5. The maximum atomic E-state index is 12.7. The van der Waals surface area contributed by atoms with Crippen LogP contribution in [0.2, 0.25) is 5.02 Å². The van der Waals surface area contributed by atoms with Crippen molar-refractivity contribution < 1.29 is 23.8 Å². The molecule has 170 valence electrons. The normalized spacial score (nSPS) is 15.6. The molecule has 0 spiro atoms. The van der Waals surface area contributed by atoms with Gasteiger partial charge in [0.25, 0.3) is 0 Å². The first-order chi connectivity index (χ1) is 15.4. The van der Waals surface area contributed by atoms with Gasteiger partial charge in [0.1, 0.15) is 6.61 Å². The van der Waals surface area contributed by atoms with Gasteiger partial charge in [-0.2, -0.15) is 0 Å². The van der Waals surface area contributed by atoms with E-state index in [-0.39, 0.29) is 0 Å². The van der Waals surface area contributed by atoms with E-state index >= 15 is 0 Å². The lowest BCUT2D eigenvalue weighted by molar-refractivity contribution is -0.139. The molecule has 1 heterocycles. The van der Waals surface area contributed by atoms with Crippen molar-refractivity contribution in [3.8, 4) is 11.5 Å². The van der Waals surface area contributed by atoms with Gasteiger partial charge < -0.3 is 24.8 Å². The number of halogens is 1. The molecule has 2 aromatic rings. The Morgan fingerprint density at radius 1 is 1.09 bits per heavy atom. The number of allylic oxidation sites excluding steroid dienone is 1. The number of carbonyl (C=O) groups excluding carboxylic acids is 2. The number of nitrogens with one attached hydrogen (secondary N) is 2. The van der Waals surface area contributed by atoms with Crippen molar-refractivity contribution in [2.45, 2.75) is 39.8 Å². The number of carbonyl (C=O) groups is 2. The van der Waals surface area contributed by atoms with Crippen LogP contribution < -0.4 is 20.1 Å². The SMILES string of the molecule is CCCOC(=O)C1=C(C)NC(=O)NC1c1ccc(OCc2cccc(Cl)c2)c(OCC)c1. The average molecular weight is 459 g/mol. The van der Waals surface area contributed by atoms with Gasteiger partial charge >= 0.3 is 12.0 Å². The first-order valence-corrected chi connectivity index (χ1v) is 10.9. The van der Waals surface area contributed by atoms with Gasteiger partial charge in [-0.1, -0.05) is 36.7 Å². The molecule has 1 aliphatic rings. The molecule has 1 atom stereocenters. The quantitative estimate of drug-likeness (QED) is 0.522. The zero-order valence-electron chi connectivity index (χ0n) is 18.4. The van der Waals surface area contributed by atoms with Crippen molar-refractivity contribution in [2.24, 2.45) is 0 Å². The Kier molecular flexibility index (Phi) is 8.00. The zero-order chi connectivity index (χ0) is 23.1. The predicted molar refractivity (Wildman–Crippen MR) is 122 cm³/mol. The zero-order valence-corrected chi connectivity index (χ0v) is 19.1. The van der Waals surface area contributed by atoms with Crippen LogP contribution in [0.4, 0.5) is 4.79 Å². The minimum Gasteiger partial charge on any atom is -0.490 e. The molecule has 0 radical (unpaired) electrons. The third kappa shape index (κ3) is 5.73. The lowest BCUT2D eigenvalue weighted by Gasteiger charge is -2.28. The number of hydrogen-bond donors (Lipinski definition) is 2. The van der Waals surface area contributed by atoms with Crippen molar-refractivity contribution in [1.82, 2.24) is 10.6 Å². The van der Waals surface area contributed by atoms with Crippen LogP contribution in [0.25, 0.3) is 0 Å². The summed E-state index contributed by atoms with van der Waals surface area (Å²) in [4.78, 5) is 24.8. The Morgan fingerprint density at radius 3 is 2.62 bits per heavy atom. The Bertz CT molecular complexity index is 1020. The topological polar surface area (TPSA) is 85.9 Å². The van der Waals surface area contributed by atoms with E-state index < -0.39 is 18.0 Å². The van der Waals surface area contributed by atoms with Crippen LogP contribution in [-0.4, -0.2) is 25.2 Å². The largest absolute Gasteiger partial charge is 0.490 e. The van der Waals surface area contributed by atoms with Crippen molar-refractivity contribution in [3.63, 3.8) is 0 Å². The summed E-state index contributed by atoms with van der Waals surface area (Å²) < 4.78 is 17.1. The van der Waals surface area contributed by atoms with Crippen LogP contribution in [0.1, 0.15) is 44.4 Å². The van der Waals surface area contributed by atoms with E-state index in [1.165, 1.54) is 0 Å². The molecule has 2 N–H and O–H groups in total. The standard InChI is InChI=1S/C24H27ClN2O5/c1-4-11-31-23(28)21-15(3)26-24(29)27-22(21)17-9-10-19(20(13-17)30-5-2)32-14-16-7-6-8-18(25)12-16/h6-10,12-13,22H,4-5,11,14H2,1-3H3,(H2,26,27,29). The van der Waals surface area contributed by atoms with E-state index in [4.69, 9.17) is 25.8 Å². The minimum atomic E-state index is -0.672. The molecule has 0 bridgehead atoms. The molecule has 8 heteroatoms. The van der Waals surface area contributed by atoms with E-state index in [0.717, 1.165) is 5.56 Å². The van der Waals surface area contributed by atoms with Crippen LogP contribution in [0.5, 0.6) is 11.5 Å². The maximum absolute atomic E-state index is 12.7. The smallest absolute Gasteiger partial charge is 0.338 e. The highest BCUT2D eigenvalue weighted by Gasteiger charge is 2.32. The monoisotopic (exact) mass is 458 g/mol. The summed E-state index contributed by atoms with van der Waals surface area (Å²) >= 11 is 6.05. The fourth-order valence-electron chi connectivity index (χ4n) is 3.37. The lowest BCUT2D eigenvalue weighted by Crippen LogP contribution is -2.45. The number of ether oxygens (including phenoxy) is 3. The third-order valence-corrected chi connectivity index (χ3v) is 5.05. The van der Waals surface area contributed by atoms with Gasteiger partial charge in [-0.15, -0.1) is 0 Å². The van der Waals surface area contributed by atoms with Gasteiger partial charge in [-0.05, 0) is 55.7 Å². The number of hydrogen-bond acceptors (Lipinski definition) is 5. The highest BCUT2D eigenvalue weighted by molar-refractivity contribution is 6.30. The minimum absolute atomic E-state index is 0.302. The van der Waals surface area contributed by atoms with Crippen molar-refractivity contribution in [2.75, 3.05) is 13.2 Å². The van der Waals surface area contributed by atoms with Gasteiger partial charge in [0, 0.05) is 10.7 Å². The van der Waals surface area contributed by atoms with Crippen LogP contribution in [0.15, 0.2) is 53.7 Å². The number of amides is 2. The molecule has 0 saturated heterocycles. The molecule has 1 unspecified atom stereocenters. The van der Waals surface area contributed by atoms with E-state index in [9.17, 15) is 9.59 Å². The van der Waals surface area contributed by atoms with Gasteiger partial charge in [-0.25, -0.2) is 9.59 Å². The Morgan fingerprint density at radius 2 is 1.91 bits per heavy atom. The summed E-state index contributed by atoms with van der Waals surface area (Å²) in [6.07, 6.45) is 0.704. The number of esters is 1. The second kappa shape index (κ2) is 10.9. The number of benzene rings is 2. The molecule has 2 amide bonds. The second-order valence-corrected chi connectivity index (χ2v) is 7.70. The van der Waals surface area contributed by atoms with Gasteiger partial charge in [0.05, 0.1) is 24.8 Å². The maximum Gasteiger partial charge on any atom is 0.338 e. The lowest BCUT2D eigenvalue weighted by atomic mass is 9.95. The second-order valence-electron chi connectivity index (χ2n) is 7.26. The van der Waals surface area contributed by atoms with E-state index in [1.54, 1.807) is 31.2 Å². The van der Waals surface area contributed by atoms with E-state index in [1.807, 2.05) is 32.0 Å². The van der Waals surface area contributed by atoms with Crippen LogP contribution >= 0.6 is 11.6 Å². The van der Waals surface area contributed by atoms with Crippen LogP contribution in [0, 0.1) is 0 Å². The number of rotatable bonds is 9. The van der Waals surface area contributed by atoms with Crippen LogP contribution in [-0.2, 0) is 16.1 Å². The van der Waals surface area contributed by atoms with E-state index in [0.29, 0.717) is 59.6 Å². The molecular weight excluding hydrogens is 432 g/mol. The summed E-state index contributed by atoms with van der Waals surface area (Å²) in [7, 11) is 0. The highest BCUT2D eigenvalue weighted by Crippen LogP contribution is 2.35. The molecule has 3 rings (SSSR count). The number of urea groups is 1. The molecular formula is C24H27ClN2O5. The summed E-state index contributed by atoms with van der Waals surface area (Å²) in [6, 6.07) is 11.7. The third-order valence-electron chi connectivity index (χ3n) is 4.81. The molecule has 32 heavy (non-hydrogen) atoms. The Hall–Kier alpha value is -3.19. The molecule has 7 nitrogen and oxygen atoms in total.